The van der Waals surface area contributed by atoms with E-state index < -0.39 is 11.5 Å². The molecule has 1 atom stereocenters. The summed E-state index contributed by atoms with van der Waals surface area (Å²) < 4.78 is 11.0. The molecule has 4 heteroatoms. The van der Waals surface area contributed by atoms with Gasteiger partial charge in [0.2, 0.25) is 5.90 Å². The largest absolute Gasteiger partial charge is 0.463 e. The number of benzene rings is 2. The number of rotatable bonds is 4. The second-order valence-electron chi connectivity index (χ2n) is 5.58. The summed E-state index contributed by atoms with van der Waals surface area (Å²) in [5, 5.41) is 0. The SMILES string of the molecule is CCOC(=O)/C=C1\OC(c2ccccc2)=NC1(C)c1ccccc1. The second kappa shape index (κ2) is 6.71. The van der Waals surface area contributed by atoms with Gasteiger partial charge >= 0.3 is 5.97 Å². The molecular weight excluding hydrogens is 302 g/mol. The summed E-state index contributed by atoms with van der Waals surface area (Å²) in [5.74, 6) is 0.530. The van der Waals surface area contributed by atoms with E-state index in [2.05, 4.69) is 0 Å². The lowest BCUT2D eigenvalue weighted by atomic mass is 9.91. The standard InChI is InChI=1S/C20H19NO3/c1-3-23-18(22)14-17-20(2,16-12-8-5-9-13-16)21-19(24-17)15-10-6-4-7-11-15/h4-14H,3H2,1-2H3/b17-14-. The van der Waals surface area contributed by atoms with Crippen LogP contribution in [0.25, 0.3) is 0 Å². The van der Waals surface area contributed by atoms with Crippen molar-refractivity contribution in [1.82, 2.24) is 0 Å². The molecule has 1 aliphatic heterocycles. The molecule has 0 aromatic heterocycles. The fourth-order valence-corrected chi connectivity index (χ4v) is 2.62. The van der Waals surface area contributed by atoms with Crippen LogP contribution < -0.4 is 0 Å². The molecule has 0 radical (unpaired) electrons. The number of hydrogen-bond acceptors (Lipinski definition) is 4. The molecule has 0 spiro atoms. The monoisotopic (exact) mass is 321 g/mol. The van der Waals surface area contributed by atoms with Gasteiger partial charge in [0.1, 0.15) is 11.3 Å². The minimum Gasteiger partial charge on any atom is -0.463 e. The lowest BCUT2D eigenvalue weighted by Crippen LogP contribution is -2.20. The third-order valence-corrected chi connectivity index (χ3v) is 3.90. The highest BCUT2D eigenvalue weighted by Gasteiger charge is 2.40. The number of nitrogens with zero attached hydrogens (tertiary/aromatic N) is 1. The van der Waals surface area contributed by atoms with E-state index in [-0.39, 0.29) is 0 Å². The Balaban J connectivity index is 2.05. The molecule has 0 fully saturated rings. The summed E-state index contributed by atoms with van der Waals surface area (Å²) in [6, 6.07) is 19.4. The van der Waals surface area contributed by atoms with Crippen LogP contribution in [0.1, 0.15) is 25.0 Å². The molecule has 0 N–H and O–H groups in total. The van der Waals surface area contributed by atoms with Crippen molar-refractivity contribution in [2.75, 3.05) is 6.61 Å². The van der Waals surface area contributed by atoms with Gasteiger partial charge in [0.05, 0.1) is 12.7 Å². The van der Waals surface area contributed by atoms with E-state index in [0.29, 0.717) is 18.3 Å². The number of aliphatic imine (C=N–C) groups is 1. The molecule has 1 aliphatic rings. The van der Waals surface area contributed by atoms with Gasteiger partial charge in [-0.2, -0.15) is 0 Å². The highest BCUT2D eigenvalue weighted by atomic mass is 16.5. The van der Waals surface area contributed by atoms with Crippen molar-refractivity contribution in [1.29, 1.82) is 0 Å². The maximum Gasteiger partial charge on any atom is 0.334 e. The fourth-order valence-electron chi connectivity index (χ4n) is 2.62. The minimum atomic E-state index is -0.765. The molecule has 0 aliphatic carbocycles. The third-order valence-electron chi connectivity index (χ3n) is 3.90. The first-order chi connectivity index (χ1) is 11.6. The number of ether oxygens (including phenoxy) is 2. The first kappa shape index (κ1) is 16.0. The number of esters is 1. The van der Waals surface area contributed by atoms with Crippen molar-refractivity contribution in [3.8, 4) is 0 Å². The van der Waals surface area contributed by atoms with Crippen LogP contribution in [0.3, 0.4) is 0 Å². The Labute approximate surface area is 141 Å². The van der Waals surface area contributed by atoms with Crippen molar-refractivity contribution in [2.24, 2.45) is 4.99 Å². The number of carbonyl (C=O) groups excluding carboxylic acids is 1. The zero-order valence-electron chi connectivity index (χ0n) is 13.7. The van der Waals surface area contributed by atoms with Crippen molar-refractivity contribution in [3.05, 3.63) is 83.6 Å². The molecule has 1 heterocycles. The van der Waals surface area contributed by atoms with Gasteiger partial charge in [-0.25, -0.2) is 9.79 Å². The van der Waals surface area contributed by atoms with E-state index in [1.807, 2.05) is 67.6 Å². The van der Waals surface area contributed by atoms with Gasteiger partial charge in [-0.15, -0.1) is 0 Å². The molecule has 2 aromatic rings. The molecule has 0 saturated carbocycles. The van der Waals surface area contributed by atoms with E-state index in [4.69, 9.17) is 14.5 Å². The van der Waals surface area contributed by atoms with Crippen LogP contribution in [0.15, 0.2) is 77.5 Å². The van der Waals surface area contributed by atoms with E-state index in [9.17, 15) is 4.79 Å². The first-order valence-electron chi connectivity index (χ1n) is 7.91. The Kier molecular flexibility index (Phi) is 4.47. The van der Waals surface area contributed by atoms with Gasteiger partial charge in [0.15, 0.2) is 0 Å². The average molecular weight is 321 g/mol. The van der Waals surface area contributed by atoms with Crippen LogP contribution in [0, 0.1) is 0 Å². The summed E-state index contributed by atoms with van der Waals surface area (Å²) in [6.45, 7) is 4.02. The average Bonchev–Trinajstić information content (AvgIpc) is 2.95. The molecule has 1 unspecified atom stereocenters. The molecule has 24 heavy (non-hydrogen) atoms. The van der Waals surface area contributed by atoms with Gasteiger partial charge in [0, 0.05) is 5.56 Å². The smallest absolute Gasteiger partial charge is 0.334 e. The van der Waals surface area contributed by atoms with E-state index >= 15 is 0 Å². The summed E-state index contributed by atoms with van der Waals surface area (Å²) in [4.78, 5) is 16.7. The lowest BCUT2D eigenvalue weighted by Gasteiger charge is -2.21. The Morgan fingerprint density at radius 3 is 2.38 bits per heavy atom. The van der Waals surface area contributed by atoms with E-state index in [1.54, 1.807) is 6.92 Å². The first-order valence-corrected chi connectivity index (χ1v) is 7.91. The van der Waals surface area contributed by atoms with Gasteiger partial charge in [-0.05, 0) is 31.5 Å². The van der Waals surface area contributed by atoms with Crippen LogP contribution in [-0.2, 0) is 19.8 Å². The molecule has 0 bridgehead atoms. The summed E-state index contributed by atoms with van der Waals surface area (Å²) in [5.41, 5.74) is 1.05. The zero-order chi connectivity index (χ0) is 17.0. The van der Waals surface area contributed by atoms with Gasteiger partial charge in [-0.1, -0.05) is 48.5 Å². The van der Waals surface area contributed by atoms with Crippen molar-refractivity contribution < 1.29 is 14.3 Å². The predicted octanol–water partition coefficient (Wildman–Crippen LogP) is 3.83. The number of hydrogen-bond donors (Lipinski definition) is 0. The van der Waals surface area contributed by atoms with E-state index in [1.165, 1.54) is 6.08 Å². The van der Waals surface area contributed by atoms with Crippen LogP contribution in [0.4, 0.5) is 0 Å². The summed E-state index contributed by atoms with van der Waals surface area (Å²) in [7, 11) is 0. The van der Waals surface area contributed by atoms with Crippen LogP contribution in [0.5, 0.6) is 0 Å². The fraction of sp³-hybridized carbons (Fsp3) is 0.200. The predicted molar refractivity (Wildman–Crippen MR) is 92.6 cm³/mol. The Morgan fingerprint density at radius 2 is 1.75 bits per heavy atom. The maximum absolute atomic E-state index is 11.9. The van der Waals surface area contributed by atoms with Crippen molar-refractivity contribution in [2.45, 2.75) is 19.4 Å². The van der Waals surface area contributed by atoms with E-state index in [0.717, 1.165) is 11.1 Å². The van der Waals surface area contributed by atoms with Crippen LogP contribution in [0.2, 0.25) is 0 Å². The minimum absolute atomic E-state index is 0.317. The Morgan fingerprint density at radius 1 is 1.12 bits per heavy atom. The van der Waals surface area contributed by atoms with Crippen LogP contribution in [-0.4, -0.2) is 18.5 Å². The summed E-state index contributed by atoms with van der Waals surface area (Å²) in [6.07, 6.45) is 1.38. The molecule has 4 nitrogen and oxygen atoms in total. The topological polar surface area (TPSA) is 47.9 Å². The highest BCUT2D eigenvalue weighted by molar-refractivity contribution is 5.97. The Bertz CT molecular complexity index is 781. The number of carbonyl (C=O) groups is 1. The molecule has 0 amide bonds. The molecule has 2 aromatic carbocycles. The lowest BCUT2D eigenvalue weighted by molar-refractivity contribution is -0.137. The molecule has 0 saturated heterocycles. The summed E-state index contributed by atoms with van der Waals surface area (Å²) >= 11 is 0. The second-order valence-corrected chi connectivity index (χ2v) is 5.58. The van der Waals surface area contributed by atoms with Crippen molar-refractivity contribution >= 4 is 11.9 Å². The maximum atomic E-state index is 11.9. The molecular formula is C20H19NO3. The zero-order valence-corrected chi connectivity index (χ0v) is 13.7. The van der Waals surface area contributed by atoms with Gasteiger partial charge in [0.25, 0.3) is 0 Å². The quantitative estimate of drug-likeness (QED) is 0.635. The normalized spacial score (nSPS) is 21.2. The van der Waals surface area contributed by atoms with Crippen LogP contribution >= 0.6 is 0 Å². The molecule has 122 valence electrons. The van der Waals surface area contributed by atoms with Crippen molar-refractivity contribution in [3.63, 3.8) is 0 Å². The van der Waals surface area contributed by atoms with Gasteiger partial charge < -0.3 is 9.47 Å². The van der Waals surface area contributed by atoms with Gasteiger partial charge in [-0.3, -0.25) is 0 Å². The third kappa shape index (κ3) is 3.08. The molecule has 3 rings (SSSR count). The Hall–Kier alpha value is -2.88. The highest BCUT2D eigenvalue weighted by Crippen LogP contribution is 2.40.